The Hall–Kier alpha value is -0.110. The summed E-state index contributed by atoms with van der Waals surface area (Å²) in [6, 6.07) is 14.3. The topological polar surface area (TPSA) is 0 Å². The van der Waals surface area contributed by atoms with Gasteiger partial charge in [0.15, 0.2) is 0 Å². The van der Waals surface area contributed by atoms with Crippen molar-refractivity contribution < 1.29 is 0 Å². The van der Waals surface area contributed by atoms with Crippen molar-refractivity contribution >= 4 is 58.0 Å². The largest absolute Gasteiger partial charge is 0.205 e. The summed E-state index contributed by atoms with van der Waals surface area (Å²) in [6.07, 6.45) is 0. The van der Waals surface area contributed by atoms with Gasteiger partial charge in [-0.2, -0.15) is 0 Å². The number of benzene rings is 2. The molecule has 0 N–H and O–H groups in total. The van der Waals surface area contributed by atoms with E-state index in [1.807, 2.05) is 24.3 Å². The first-order chi connectivity index (χ1) is 8.88. The molecule has 0 aliphatic rings. The Labute approximate surface area is 137 Å². The van der Waals surface area contributed by atoms with Crippen molar-refractivity contribution in [2.24, 2.45) is 0 Å². The van der Waals surface area contributed by atoms with Crippen molar-refractivity contribution in [3.8, 4) is 0 Å². The van der Waals surface area contributed by atoms with Gasteiger partial charge >= 0.3 is 0 Å². The summed E-state index contributed by atoms with van der Waals surface area (Å²) in [4.78, 5) is 0. The average molecular weight is 353 g/mol. The van der Waals surface area contributed by atoms with E-state index in [1.54, 1.807) is 24.3 Å². The molecule has 19 heavy (non-hydrogen) atoms. The quantitative estimate of drug-likeness (QED) is 0.553. The molecule has 2 aromatic rings. The molecule has 0 bridgehead atoms. The second kappa shape index (κ2) is 6.11. The molecule has 2 aromatic carbocycles. The summed E-state index contributed by atoms with van der Waals surface area (Å²) < 4.78 is -1.54. The van der Waals surface area contributed by atoms with Crippen LogP contribution in [0.3, 0.4) is 0 Å². The fourth-order valence-corrected chi connectivity index (χ4v) is 2.63. The zero-order valence-electron chi connectivity index (χ0n) is 9.51. The van der Waals surface area contributed by atoms with Gasteiger partial charge in [-0.05, 0) is 35.4 Å². The number of halogens is 5. The van der Waals surface area contributed by atoms with E-state index in [9.17, 15) is 0 Å². The third-order valence-electron chi connectivity index (χ3n) is 2.55. The van der Waals surface area contributed by atoms with Gasteiger partial charge in [-0.25, -0.2) is 0 Å². The summed E-state index contributed by atoms with van der Waals surface area (Å²) in [5.74, 6) is 0.589. The number of hydrogen-bond acceptors (Lipinski definition) is 0. The van der Waals surface area contributed by atoms with Gasteiger partial charge in [-0.3, -0.25) is 0 Å². The Bertz CT molecular complexity index is 494. The summed E-state index contributed by atoms with van der Waals surface area (Å²) >= 11 is 30.0. The van der Waals surface area contributed by atoms with E-state index in [4.69, 9.17) is 58.0 Å². The first-order valence-corrected chi connectivity index (χ1v) is 7.23. The lowest BCUT2D eigenvalue weighted by Crippen LogP contribution is -2.19. The van der Waals surface area contributed by atoms with Gasteiger partial charge in [-0.15, -0.1) is 0 Å². The van der Waals surface area contributed by atoms with Crippen molar-refractivity contribution in [3.05, 3.63) is 75.6 Å². The molecule has 0 spiro atoms. The first-order valence-electron chi connectivity index (χ1n) is 5.34. The molecule has 99 valence electrons. The van der Waals surface area contributed by atoms with Crippen LogP contribution in [0.5, 0.6) is 0 Å². The molecule has 0 heterocycles. The minimum Gasteiger partial charge on any atom is -0.0843 e. The Morgan fingerprint density at radius 2 is 0.947 bits per heavy atom. The Kier molecular flexibility index (Phi) is 4.92. The van der Waals surface area contributed by atoms with Crippen molar-refractivity contribution in [2.45, 2.75) is 3.79 Å². The highest BCUT2D eigenvalue weighted by atomic mass is 35.6. The standard InChI is InChI=1S/C14H8Cl5/c15-11-5-1-9(2-6-11)13(14(17,18)19)10-3-7-12(16)8-4-10/h1-8H. The van der Waals surface area contributed by atoms with E-state index in [0.717, 1.165) is 11.1 Å². The van der Waals surface area contributed by atoms with Gasteiger partial charge in [0.05, 0.1) is 5.92 Å². The number of hydrogen-bond donors (Lipinski definition) is 0. The van der Waals surface area contributed by atoms with Crippen LogP contribution in [-0.2, 0) is 0 Å². The monoisotopic (exact) mass is 351 g/mol. The molecule has 0 saturated carbocycles. The third-order valence-corrected chi connectivity index (χ3v) is 3.62. The fraction of sp³-hybridized carbons (Fsp3) is 0.0714. The van der Waals surface area contributed by atoms with E-state index >= 15 is 0 Å². The molecule has 0 aromatic heterocycles. The molecule has 0 unspecified atom stereocenters. The molecule has 5 heteroatoms. The van der Waals surface area contributed by atoms with Gasteiger partial charge < -0.3 is 0 Å². The Morgan fingerprint density at radius 1 is 0.632 bits per heavy atom. The Balaban J connectivity index is 2.47. The SMILES string of the molecule is Clc1ccc([C](c2ccc(Cl)cc2)C(Cl)(Cl)Cl)cc1. The minimum absolute atomic E-state index is 0.589. The van der Waals surface area contributed by atoms with Crippen LogP contribution < -0.4 is 0 Å². The second-order valence-corrected chi connectivity index (χ2v) is 7.04. The van der Waals surface area contributed by atoms with E-state index in [1.165, 1.54) is 0 Å². The van der Waals surface area contributed by atoms with Crippen molar-refractivity contribution in [1.29, 1.82) is 0 Å². The first kappa shape index (κ1) is 15.3. The fourth-order valence-electron chi connectivity index (χ4n) is 1.73. The van der Waals surface area contributed by atoms with Crippen LogP contribution in [-0.4, -0.2) is 3.79 Å². The average Bonchev–Trinajstić information content (AvgIpc) is 2.33. The smallest absolute Gasteiger partial charge is 0.0843 e. The van der Waals surface area contributed by atoms with E-state index < -0.39 is 3.79 Å². The molecule has 0 aliphatic heterocycles. The van der Waals surface area contributed by atoms with Gasteiger partial charge in [0.2, 0.25) is 3.79 Å². The molecule has 2 rings (SSSR count). The van der Waals surface area contributed by atoms with Crippen LogP contribution in [0.25, 0.3) is 0 Å². The molecule has 0 nitrogen and oxygen atoms in total. The van der Waals surface area contributed by atoms with Crippen molar-refractivity contribution in [3.63, 3.8) is 0 Å². The highest BCUT2D eigenvalue weighted by Gasteiger charge is 2.36. The molecule has 0 fully saturated rings. The molecule has 0 aliphatic carbocycles. The van der Waals surface area contributed by atoms with Crippen LogP contribution in [0.15, 0.2) is 48.5 Å². The highest BCUT2D eigenvalue weighted by molar-refractivity contribution is 6.69. The van der Waals surface area contributed by atoms with Crippen LogP contribution in [0, 0.1) is 5.92 Å². The Morgan fingerprint density at radius 3 is 1.21 bits per heavy atom. The molecular formula is C14H8Cl5. The van der Waals surface area contributed by atoms with Gasteiger partial charge in [0, 0.05) is 10.0 Å². The lowest BCUT2D eigenvalue weighted by molar-refractivity contribution is 1.09. The van der Waals surface area contributed by atoms with Gasteiger partial charge in [0.1, 0.15) is 0 Å². The summed E-state index contributed by atoms with van der Waals surface area (Å²) in [5.41, 5.74) is 1.60. The van der Waals surface area contributed by atoms with E-state index in [-0.39, 0.29) is 0 Å². The second-order valence-electron chi connectivity index (χ2n) is 3.89. The van der Waals surface area contributed by atoms with Crippen LogP contribution in [0.4, 0.5) is 0 Å². The highest BCUT2D eigenvalue weighted by Crippen LogP contribution is 2.45. The summed E-state index contributed by atoms with van der Waals surface area (Å²) in [7, 11) is 0. The van der Waals surface area contributed by atoms with Gasteiger partial charge in [-0.1, -0.05) is 82.3 Å². The molecule has 1 radical (unpaired) electrons. The molecule has 0 saturated heterocycles. The van der Waals surface area contributed by atoms with Crippen LogP contribution >= 0.6 is 58.0 Å². The van der Waals surface area contributed by atoms with E-state index in [0.29, 0.717) is 16.0 Å². The van der Waals surface area contributed by atoms with Crippen LogP contribution in [0.2, 0.25) is 10.0 Å². The van der Waals surface area contributed by atoms with E-state index in [2.05, 4.69) is 0 Å². The number of alkyl halides is 3. The van der Waals surface area contributed by atoms with Gasteiger partial charge in [0.25, 0.3) is 0 Å². The lowest BCUT2D eigenvalue weighted by atomic mass is 9.92. The molecular weight excluding hydrogens is 345 g/mol. The molecule has 0 atom stereocenters. The summed E-state index contributed by atoms with van der Waals surface area (Å²) in [6.45, 7) is 0. The van der Waals surface area contributed by atoms with Crippen LogP contribution in [0.1, 0.15) is 11.1 Å². The minimum atomic E-state index is -1.54. The normalized spacial score (nSPS) is 11.9. The predicted molar refractivity (Wildman–Crippen MR) is 84.6 cm³/mol. The maximum atomic E-state index is 6.08. The molecule has 0 amide bonds. The zero-order valence-corrected chi connectivity index (χ0v) is 13.3. The summed E-state index contributed by atoms with van der Waals surface area (Å²) in [5, 5.41) is 1.26. The third kappa shape index (κ3) is 3.93. The lowest BCUT2D eigenvalue weighted by Gasteiger charge is -2.24. The number of rotatable bonds is 2. The van der Waals surface area contributed by atoms with Crippen molar-refractivity contribution in [1.82, 2.24) is 0 Å². The van der Waals surface area contributed by atoms with Crippen molar-refractivity contribution in [2.75, 3.05) is 0 Å². The maximum Gasteiger partial charge on any atom is 0.205 e. The predicted octanol–water partition coefficient (Wildman–Crippen LogP) is 6.33. The zero-order chi connectivity index (χ0) is 14.0. The maximum absolute atomic E-state index is 6.08.